The van der Waals surface area contributed by atoms with Crippen LogP contribution in [0.15, 0.2) is 53.1 Å². The van der Waals surface area contributed by atoms with Crippen LogP contribution in [0, 0.1) is 13.8 Å². The molecule has 0 radical (unpaired) electrons. The molecule has 0 aliphatic carbocycles. The number of aryl methyl sites for hydroxylation is 1. The lowest BCUT2D eigenvalue weighted by molar-refractivity contribution is 0.0996. The zero-order valence-corrected chi connectivity index (χ0v) is 17.2. The molecule has 0 spiro atoms. The van der Waals surface area contributed by atoms with E-state index in [1.165, 1.54) is 47.1 Å². The van der Waals surface area contributed by atoms with Gasteiger partial charge in [-0.15, -0.1) is 11.3 Å². The Morgan fingerprint density at radius 3 is 2.50 bits per heavy atom. The van der Waals surface area contributed by atoms with E-state index in [4.69, 9.17) is 4.42 Å². The van der Waals surface area contributed by atoms with Crippen molar-refractivity contribution in [2.24, 2.45) is 0 Å². The SMILES string of the molecule is Cc1sc(NC(=O)c2ccco2)c([C@H](c2ccccc2)N2CCCCC2)c1C. The van der Waals surface area contributed by atoms with Crippen LogP contribution in [-0.4, -0.2) is 23.9 Å². The van der Waals surface area contributed by atoms with Gasteiger partial charge in [-0.05, 0) is 63.0 Å². The van der Waals surface area contributed by atoms with Gasteiger partial charge in [-0.25, -0.2) is 0 Å². The molecule has 5 heteroatoms. The number of hydrogen-bond donors (Lipinski definition) is 1. The summed E-state index contributed by atoms with van der Waals surface area (Å²) in [5.74, 6) is 0.141. The summed E-state index contributed by atoms with van der Waals surface area (Å²) in [4.78, 5) is 16.5. The molecule has 1 aromatic carbocycles. The highest BCUT2D eigenvalue weighted by atomic mass is 32.1. The molecule has 0 saturated carbocycles. The largest absolute Gasteiger partial charge is 0.459 e. The molecule has 0 unspecified atom stereocenters. The predicted molar refractivity (Wildman–Crippen MR) is 114 cm³/mol. The molecule has 2 aromatic heterocycles. The Balaban J connectivity index is 1.76. The summed E-state index contributed by atoms with van der Waals surface area (Å²) in [6.07, 6.45) is 5.27. The Bertz CT molecular complexity index is 925. The van der Waals surface area contributed by atoms with E-state index >= 15 is 0 Å². The number of piperidine rings is 1. The van der Waals surface area contributed by atoms with E-state index in [1.54, 1.807) is 23.5 Å². The van der Waals surface area contributed by atoms with Gasteiger partial charge in [-0.1, -0.05) is 36.8 Å². The first-order valence-corrected chi connectivity index (χ1v) is 10.7. The summed E-state index contributed by atoms with van der Waals surface area (Å²) >= 11 is 1.65. The molecule has 1 aliphatic rings. The first-order chi connectivity index (χ1) is 13.6. The third-order valence-corrected chi connectivity index (χ3v) is 6.69. The minimum atomic E-state index is -0.196. The highest BCUT2D eigenvalue weighted by Crippen LogP contribution is 2.43. The van der Waals surface area contributed by atoms with E-state index in [9.17, 15) is 4.79 Å². The van der Waals surface area contributed by atoms with Gasteiger partial charge in [0.05, 0.1) is 12.3 Å². The van der Waals surface area contributed by atoms with Gasteiger partial charge in [-0.3, -0.25) is 9.69 Å². The zero-order valence-electron chi connectivity index (χ0n) is 16.4. The molecule has 1 fully saturated rings. The summed E-state index contributed by atoms with van der Waals surface area (Å²) in [5, 5.41) is 4.05. The lowest BCUT2D eigenvalue weighted by Crippen LogP contribution is -2.35. The quantitative estimate of drug-likeness (QED) is 0.596. The Morgan fingerprint density at radius 1 is 1.07 bits per heavy atom. The zero-order chi connectivity index (χ0) is 19.5. The summed E-state index contributed by atoms with van der Waals surface area (Å²) in [5.41, 5.74) is 3.76. The van der Waals surface area contributed by atoms with Gasteiger partial charge in [-0.2, -0.15) is 0 Å². The minimum absolute atomic E-state index is 0.151. The molecule has 4 rings (SSSR count). The monoisotopic (exact) mass is 394 g/mol. The van der Waals surface area contributed by atoms with E-state index in [1.807, 2.05) is 0 Å². The van der Waals surface area contributed by atoms with Gasteiger partial charge in [0.2, 0.25) is 0 Å². The number of anilines is 1. The number of furan rings is 1. The van der Waals surface area contributed by atoms with Crippen LogP contribution in [0.4, 0.5) is 5.00 Å². The second-order valence-electron chi connectivity index (χ2n) is 7.37. The Hall–Kier alpha value is -2.37. The second-order valence-corrected chi connectivity index (χ2v) is 8.59. The smallest absolute Gasteiger partial charge is 0.291 e. The first kappa shape index (κ1) is 19.0. The van der Waals surface area contributed by atoms with E-state index in [0.717, 1.165) is 18.1 Å². The number of likely N-dealkylation sites (tertiary alicyclic amines) is 1. The van der Waals surface area contributed by atoms with Gasteiger partial charge < -0.3 is 9.73 Å². The molecule has 1 saturated heterocycles. The van der Waals surface area contributed by atoms with Crippen molar-refractivity contribution in [3.05, 3.63) is 76.1 Å². The van der Waals surface area contributed by atoms with E-state index in [0.29, 0.717) is 5.76 Å². The molecule has 28 heavy (non-hydrogen) atoms. The summed E-state index contributed by atoms with van der Waals surface area (Å²) < 4.78 is 5.29. The van der Waals surface area contributed by atoms with Crippen molar-refractivity contribution in [2.75, 3.05) is 18.4 Å². The van der Waals surface area contributed by atoms with E-state index in [-0.39, 0.29) is 11.9 Å². The summed E-state index contributed by atoms with van der Waals surface area (Å²) in [7, 11) is 0. The van der Waals surface area contributed by atoms with Crippen molar-refractivity contribution >= 4 is 22.2 Å². The molecular formula is C23H26N2O2S. The maximum absolute atomic E-state index is 12.7. The standard InChI is InChI=1S/C23H26N2O2S/c1-16-17(2)28-23(24-22(26)19-12-9-15-27-19)20(16)21(18-10-5-3-6-11-18)25-13-7-4-8-14-25/h3,5-6,9-12,15,21H,4,7-8,13-14H2,1-2H3,(H,24,26)/t21-/m0/s1. The van der Waals surface area contributed by atoms with Crippen LogP contribution in [0.1, 0.15) is 57.4 Å². The molecule has 4 nitrogen and oxygen atoms in total. The van der Waals surface area contributed by atoms with Gasteiger partial charge in [0.1, 0.15) is 5.00 Å². The molecule has 0 bridgehead atoms. The first-order valence-electron chi connectivity index (χ1n) is 9.89. The molecule has 3 aromatic rings. The van der Waals surface area contributed by atoms with E-state index in [2.05, 4.69) is 54.4 Å². The summed E-state index contributed by atoms with van der Waals surface area (Å²) in [6.45, 7) is 6.47. The van der Waals surface area contributed by atoms with Crippen LogP contribution in [0.3, 0.4) is 0 Å². The molecule has 1 atom stereocenters. The maximum Gasteiger partial charge on any atom is 0.291 e. The average molecular weight is 395 g/mol. The Labute approximate surface area is 170 Å². The number of carbonyl (C=O) groups excluding carboxylic acids is 1. The fraction of sp³-hybridized carbons (Fsp3) is 0.348. The van der Waals surface area contributed by atoms with Crippen LogP contribution in [0.2, 0.25) is 0 Å². The van der Waals surface area contributed by atoms with Gasteiger partial charge >= 0.3 is 0 Å². The van der Waals surface area contributed by atoms with Crippen molar-refractivity contribution in [3.63, 3.8) is 0 Å². The average Bonchev–Trinajstić information content (AvgIpc) is 3.35. The molecular weight excluding hydrogens is 368 g/mol. The number of thiophene rings is 1. The van der Waals surface area contributed by atoms with Crippen molar-refractivity contribution in [1.82, 2.24) is 4.90 Å². The number of nitrogens with one attached hydrogen (secondary N) is 1. The number of carbonyl (C=O) groups is 1. The van der Waals surface area contributed by atoms with E-state index < -0.39 is 0 Å². The molecule has 1 aliphatic heterocycles. The number of nitrogens with zero attached hydrogens (tertiary/aromatic N) is 1. The molecule has 1 N–H and O–H groups in total. The summed E-state index contributed by atoms with van der Waals surface area (Å²) in [6, 6.07) is 14.2. The van der Waals surface area contributed by atoms with Crippen LogP contribution < -0.4 is 5.32 Å². The van der Waals surface area contributed by atoms with Crippen LogP contribution in [0.25, 0.3) is 0 Å². The van der Waals surface area contributed by atoms with Crippen LogP contribution >= 0.6 is 11.3 Å². The number of hydrogen-bond acceptors (Lipinski definition) is 4. The lowest BCUT2D eigenvalue weighted by atomic mass is 9.93. The van der Waals surface area contributed by atoms with Crippen LogP contribution in [0.5, 0.6) is 0 Å². The second kappa shape index (κ2) is 8.33. The highest BCUT2D eigenvalue weighted by molar-refractivity contribution is 7.16. The third-order valence-electron chi connectivity index (χ3n) is 5.55. The van der Waals surface area contributed by atoms with Crippen molar-refractivity contribution in [1.29, 1.82) is 0 Å². The van der Waals surface area contributed by atoms with Gasteiger partial charge in [0.25, 0.3) is 5.91 Å². The number of rotatable bonds is 5. The lowest BCUT2D eigenvalue weighted by Gasteiger charge is -2.36. The number of benzene rings is 1. The van der Waals surface area contributed by atoms with Crippen molar-refractivity contribution in [2.45, 2.75) is 39.2 Å². The third kappa shape index (κ3) is 3.77. The number of amides is 1. The predicted octanol–water partition coefficient (Wildman–Crippen LogP) is 5.79. The van der Waals surface area contributed by atoms with Crippen LogP contribution in [-0.2, 0) is 0 Å². The van der Waals surface area contributed by atoms with Crippen molar-refractivity contribution < 1.29 is 9.21 Å². The maximum atomic E-state index is 12.7. The Kier molecular flexibility index (Phi) is 5.64. The highest BCUT2D eigenvalue weighted by Gasteiger charge is 2.30. The van der Waals surface area contributed by atoms with Gasteiger partial charge in [0.15, 0.2) is 5.76 Å². The fourth-order valence-corrected chi connectivity index (χ4v) is 5.10. The normalized spacial score (nSPS) is 16.1. The molecule has 3 heterocycles. The Morgan fingerprint density at radius 2 is 1.82 bits per heavy atom. The molecule has 146 valence electrons. The topological polar surface area (TPSA) is 45.5 Å². The van der Waals surface area contributed by atoms with Gasteiger partial charge in [0, 0.05) is 10.4 Å². The van der Waals surface area contributed by atoms with Crippen molar-refractivity contribution in [3.8, 4) is 0 Å². The minimum Gasteiger partial charge on any atom is -0.459 e. The molecule has 1 amide bonds. The fourth-order valence-electron chi connectivity index (χ4n) is 4.01.